The molecule has 1 saturated heterocycles. The molecule has 3 heteroatoms. The fraction of sp³-hybridized carbons (Fsp3) is 0.571. The molecule has 0 aliphatic carbocycles. The minimum Gasteiger partial charge on any atom is -0.389 e. The molecule has 0 spiro atoms. The Morgan fingerprint density at radius 3 is 2.41 bits per heavy atom. The van der Waals surface area contributed by atoms with Crippen LogP contribution < -0.4 is 5.73 Å². The lowest BCUT2D eigenvalue weighted by Gasteiger charge is -2.37. The van der Waals surface area contributed by atoms with E-state index in [-0.39, 0.29) is 0 Å². The number of likely N-dealkylation sites (tertiary alicyclic amines) is 1. The summed E-state index contributed by atoms with van der Waals surface area (Å²) in [6.07, 6.45) is 2.43. The molecule has 1 aliphatic rings. The van der Waals surface area contributed by atoms with E-state index in [1.165, 1.54) is 5.56 Å². The van der Waals surface area contributed by atoms with Gasteiger partial charge in [-0.15, -0.1) is 0 Å². The first kappa shape index (κ1) is 12.6. The summed E-state index contributed by atoms with van der Waals surface area (Å²) in [6, 6.07) is 8.16. The molecule has 1 heterocycles. The van der Waals surface area contributed by atoms with Gasteiger partial charge in [-0.1, -0.05) is 24.3 Å². The van der Waals surface area contributed by atoms with Crippen LogP contribution in [-0.2, 0) is 13.0 Å². The van der Waals surface area contributed by atoms with E-state index < -0.39 is 5.60 Å². The summed E-state index contributed by atoms with van der Waals surface area (Å²) in [6.45, 7) is 2.49. The summed E-state index contributed by atoms with van der Waals surface area (Å²) in [7, 11) is 2.10. The van der Waals surface area contributed by atoms with Gasteiger partial charge >= 0.3 is 0 Å². The fourth-order valence-corrected chi connectivity index (χ4v) is 2.50. The number of aliphatic hydroxyl groups is 1. The van der Waals surface area contributed by atoms with Crippen LogP contribution in [0.1, 0.15) is 24.0 Å². The predicted molar refractivity (Wildman–Crippen MR) is 69.7 cm³/mol. The first-order valence-electron chi connectivity index (χ1n) is 6.31. The van der Waals surface area contributed by atoms with Gasteiger partial charge in [-0.2, -0.15) is 0 Å². The van der Waals surface area contributed by atoms with Crippen LogP contribution in [0.15, 0.2) is 24.3 Å². The van der Waals surface area contributed by atoms with Gasteiger partial charge in [-0.25, -0.2) is 0 Å². The van der Waals surface area contributed by atoms with Gasteiger partial charge in [0, 0.05) is 26.1 Å². The highest BCUT2D eigenvalue weighted by atomic mass is 16.3. The van der Waals surface area contributed by atoms with Crippen molar-refractivity contribution in [3.05, 3.63) is 35.4 Å². The highest BCUT2D eigenvalue weighted by molar-refractivity contribution is 5.28. The first-order chi connectivity index (χ1) is 8.13. The van der Waals surface area contributed by atoms with E-state index in [0.29, 0.717) is 6.54 Å². The standard InChI is InChI=1S/C14H22N2O/c1-16-8-6-14(17,7-9-16)10-12-4-2-3-5-13(12)11-15/h2-5,17H,6-11,15H2,1H3. The molecule has 2 rings (SSSR count). The van der Waals surface area contributed by atoms with Crippen LogP contribution >= 0.6 is 0 Å². The number of nitrogens with zero attached hydrogens (tertiary/aromatic N) is 1. The number of hydrogen-bond donors (Lipinski definition) is 2. The maximum Gasteiger partial charge on any atom is 0.0712 e. The van der Waals surface area contributed by atoms with Crippen molar-refractivity contribution in [2.45, 2.75) is 31.4 Å². The van der Waals surface area contributed by atoms with Crippen molar-refractivity contribution in [2.24, 2.45) is 5.73 Å². The topological polar surface area (TPSA) is 49.5 Å². The second-order valence-electron chi connectivity index (χ2n) is 5.18. The lowest BCUT2D eigenvalue weighted by atomic mass is 9.84. The second-order valence-corrected chi connectivity index (χ2v) is 5.18. The highest BCUT2D eigenvalue weighted by Gasteiger charge is 2.31. The Labute approximate surface area is 103 Å². The van der Waals surface area contributed by atoms with Crippen molar-refractivity contribution in [2.75, 3.05) is 20.1 Å². The van der Waals surface area contributed by atoms with E-state index in [1.54, 1.807) is 0 Å². The first-order valence-corrected chi connectivity index (χ1v) is 6.31. The molecule has 1 fully saturated rings. The van der Waals surface area contributed by atoms with Crippen LogP contribution in [0.25, 0.3) is 0 Å². The maximum atomic E-state index is 10.6. The van der Waals surface area contributed by atoms with Crippen molar-refractivity contribution >= 4 is 0 Å². The van der Waals surface area contributed by atoms with Crippen molar-refractivity contribution in [1.29, 1.82) is 0 Å². The Hall–Kier alpha value is -0.900. The van der Waals surface area contributed by atoms with Gasteiger partial charge in [0.1, 0.15) is 0 Å². The van der Waals surface area contributed by atoms with Crippen LogP contribution in [-0.4, -0.2) is 35.7 Å². The normalized spacial score (nSPS) is 20.4. The molecule has 0 radical (unpaired) electrons. The van der Waals surface area contributed by atoms with Crippen molar-refractivity contribution in [1.82, 2.24) is 4.90 Å². The largest absolute Gasteiger partial charge is 0.389 e. The molecule has 0 aromatic heterocycles. The Morgan fingerprint density at radius 1 is 1.24 bits per heavy atom. The van der Waals surface area contributed by atoms with Crippen molar-refractivity contribution < 1.29 is 5.11 Å². The van der Waals surface area contributed by atoms with Crippen molar-refractivity contribution in [3.8, 4) is 0 Å². The third-order valence-corrected chi connectivity index (χ3v) is 3.78. The van der Waals surface area contributed by atoms with Crippen LogP contribution in [0.5, 0.6) is 0 Å². The van der Waals surface area contributed by atoms with Gasteiger partial charge in [0.05, 0.1) is 5.60 Å². The highest BCUT2D eigenvalue weighted by Crippen LogP contribution is 2.26. The summed E-state index contributed by atoms with van der Waals surface area (Å²) in [5.74, 6) is 0. The van der Waals surface area contributed by atoms with E-state index in [0.717, 1.165) is 37.9 Å². The number of rotatable bonds is 3. The number of piperidine rings is 1. The Bertz CT molecular complexity index is 370. The Balaban J connectivity index is 2.09. The molecule has 1 aromatic carbocycles. The van der Waals surface area contributed by atoms with Gasteiger partial charge in [0.25, 0.3) is 0 Å². The molecule has 0 unspecified atom stereocenters. The molecule has 3 nitrogen and oxygen atoms in total. The summed E-state index contributed by atoms with van der Waals surface area (Å²) in [5, 5.41) is 10.6. The van der Waals surface area contributed by atoms with E-state index in [1.807, 2.05) is 18.2 Å². The number of nitrogens with two attached hydrogens (primary N) is 1. The van der Waals surface area contributed by atoms with E-state index in [9.17, 15) is 5.11 Å². The van der Waals surface area contributed by atoms with Gasteiger partial charge in [-0.05, 0) is 31.0 Å². The molecule has 0 bridgehead atoms. The molecule has 0 saturated carbocycles. The second kappa shape index (κ2) is 5.17. The fourth-order valence-electron chi connectivity index (χ4n) is 2.50. The minimum absolute atomic E-state index is 0.544. The van der Waals surface area contributed by atoms with Crippen LogP contribution in [0.3, 0.4) is 0 Å². The molecule has 17 heavy (non-hydrogen) atoms. The van der Waals surface area contributed by atoms with Crippen LogP contribution in [0.2, 0.25) is 0 Å². The summed E-state index contributed by atoms with van der Waals surface area (Å²) in [5.41, 5.74) is 7.54. The molecule has 3 N–H and O–H groups in total. The minimum atomic E-state index is -0.544. The van der Waals surface area contributed by atoms with Gasteiger partial charge in [0.15, 0.2) is 0 Å². The molecule has 0 amide bonds. The summed E-state index contributed by atoms with van der Waals surface area (Å²) < 4.78 is 0. The maximum absolute atomic E-state index is 10.6. The molecule has 1 aromatic rings. The lowest BCUT2D eigenvalue weighted by molar-refractivity contribution is -0.0151. The average Bonchev–Trinajstić information content (AvgIpc) is 2.34. The van der Waals surface area contributed by atoms with E-state index in [4.69, 9.17) is 5.73 Å². The molecule has 94 valence electrons. The summed E-state index contributed by atoms with van der Waals surface area (Å²) >= 11 is 0. The zero-order valence-corrected chi connectivity index (χ0v) is 10.5. The Morgan fingerprint density at radius 2 is 1.82 bits per heavy atom. The summed E-state index contributed by atoms with van der Waals surface area (Å²) in [4.78, 5) is 2.27. The number of hydrogen-bond acceptors (Lipinski definition) is 3. The van der Waals surface area contributed by atoms with Gasteiger partial charge in [-0.3, -0.25) is 0 Å². The Kier molecular flexibility index (Phi) is 3.82. The zero-order valence-electron chi connectivity index (χ0n) is 10.5. The lowest BCUT2D eigenvalue weighted by Crippen LogP contribution is -2.44. The monoisotopic (exact) mass is 234 g/mol. The zero-order chi connectivity index (χ0) is 12.3. The van der Waals surface area contributed by atoms with Gasteiger partial charge in [0.2, 0.25) is 0 Å². The quantitative estimate of drug-likeness (QED) is 0.824. The SMILES string of the molecule is CN1CCC(O)(Cc2ccccc2CN)CC1. The third-order valence-electron chi connectivity index (χ3n) is 3.78. The van der Waals surface area contributed by atoms with Crippen molar-refractivity contribution in [3.63, 3.8) is 0 Å². The molecular formula is C14H22N2O. The van der Waals surface area contributed by atoms with E-state index in [2.05, 4.69) is 18.0 Å². The molecule has 0 atom stereocenters. The van der Waals surface area contributed by atoms with Crippen LogP contribution in [0.4, 0.5) is 0 Å². The molecule has 1 aliphatic heterocycles. The smallest absolute Gasteiger partial charge is 0.0712 e. The third kappa shape index (κ3) is 3.06. The van der Waals surface area contributed by atoms with Crippen LogP contribution in [0, 0.1) is 0 Å². The number of benzene rings is 1. The molecular weight excluding hydrogens is 212 g/mol. The average molecular weight is 234 g/mol. The van der Waals surface area contributed by atoms with Gasteiger partial charge < -0.3 is 15.7 Å². The predicted octanol–water partition coefficient (Wildman–Crippen LogP) is 1.14. The van der Waals surface area contributed by atoms with E-state index >= 15 is 0 Å².